The third-order valence-corrected chi connectivity index (χ3v) is 9.40. The number of hydrogen-bond acceptors (Lipinski definition) is 6. The summed E-state index contributed by atoms with van der Waals surface area (Å²) >= 11 is 0. The number of ether oxygens (including phenoxy) is 3. The monoisotopic (exact) mass is 793 g/mol. The van der Waals surface area contributed by atoms with Crippen molar-refractivity contribution in [3.05, 3.63) is 85.1 Å². The van der Waals surface area contributed by atoms with Crippen molar-refractivity contribution >= 4 is 17.9 Å². The summed E-state index contributed by atoms with van der Waals surface area (Å²) in [6.45, 7) is 6.35. The van der Waals surface area contributed by atoms with E-state index in [1.807, 2.05) is 12.2 Å². The van der Waals surface area contributed by atoms with Crippen LogP contribution >= 0.6 is 0 Å². The van der Waals surface area contributed by atoms with Gasteiger partial charge in [-0.1, -0.05) is 183 Å². The lowest BCUT2D eigenvalue weighted by atomic mass is 10.1. The van der Waals surface area contributed by atoms with Crippen LogP contribution in [0.4, 0.5) is 0 Å². The van der Waals surface area contributed by atoms with Gasteiger partial charge in [-0.05, 0) is 83.5 Å². The molecule has 57 heavy (non-hydrogen) atoms. The number of carbonyl (C=O) groups excluding carboxylic acids is 3. The van der Waals surface area contributed by atoms with Crippen molar-refractivity contribution < 1.29 is 28.6 Å². The minimum Gasteiger partial charge on any atom is -0.462 e. The fraction of sp³-hybridized carbons (Fsp3) is 0.667. The number of hydrogen-bond donors (Lipinski definition) is 0. The molecule has 0 aliphatic rings. The maximum Gasteiger partial charge on any atom is 0.306 e. The van der Waals surface area contributed by atoms with Crippen molar-refractivity contribution in [2.45, 2.75) is 207 Å². The molecule has 0 aromatic carbocycles. The Balaban J connectivity index is 4.39. The van der Waals surface area contributed by atoms with E-state index in [9.17, 15) is 14.4 Å². The van der Waals surface area contributed by atoms with Gasteiger partial charge in [0.1, 0.15) is 13.2 Å². The van der Waals surface area contributed by atoms with Crippen LogP contribution in [0, 0.1) is 0 Å². The third kappa shape index (κ3) is 43.6. The summed E-state index contributed by atoms with van der Waals surface area (Å²) in [7, 11) is 0. The molecule has 1 atom stereocenters. The molecule has 0 rings (SSSR count). The van der Waals surface area contributed by atoms with Gasteiger partial charge in [-0.25, -0.2) is 0 Å². The first-order chi connectivity index (χ1) is 28.0. The molecule has 0 N–H and O–H groups in total. The summed E-state index contributed by atoms with van der Waals surface area (Å²) in [4.78, 5) is 37.6. The molecule has 0 spiro atoms. The highest BCUT2D eigenvalue weighted by atomic mass is 16.6. The topological polar surface area (TPSA) is 78.9 Å². The Kier molecular flexibility index (Phi) is 42.6. The Morgan fingerprint density at radius 3 is 1.18 bits per heavy atom. The van der Waals surface area contributed by atoms with E-state index in [4.69, 9.17) is 14.2 Å². The predicted molar refractivity (Wildman–Crippen MR) is 242 cm³/mol. The fourth-order valence-corrected chi connectivity index (χ4v) is 5.93. The van der Waals surface area contributed by atoms with Gasteiger partial charge in [-0.2, -0.15) is 0 Å². The molecule has 6 nitrogen and oxygen atoms in total. The van der Waals surface area contributed by atoms with Crippen LogP contribution in [0.15, 0.2) is 85.1 Å². The maximum atomic E-state index is 12.7. The Morgan fingerprint density at radius 1 is 0.368 bits per heavy atom. The molecule has 0 saturated heterocycles. The zero-order valence-corrected chi connectivity index (χ0v) is 36.8. The molecule has 0 saturated carbocycles. The van der Waals surface area contributed by atoms with Gasteiger partial charge >= 0.3 is 17.9 Å². The number of allylic oxidation sites excluding steroid dienone is 14. The van der Waals surface area contributed by atoms with Crippen molar-refractivity contribution in [2.24, 2.45) is 0 Å². The highest BCUT2D eigenvalue weighted by molar-refractivity contribution is 5.71. The minimum atomic E-state index is -0.816. The van der Waals surface area contributed by atoms with E-state index >= 15 is 0 Å². The smallest absolute Gasteiger partial charge is 0.306 e. The molecule has 0 aromatic heterocycles. The van der Waals surface area contributed by atoms with Crippen LogP contribution in [-0.4, -0.2) is 37.2 Å². The molecule has 0 aliphatic heterocycles. The van der Waals surface area contributed by atoms with Crippen LogP contribution in [0.25, 0.3) is 0 Å². The Hall–Kier alpha value is -3.41. The lowest BCUT2D eigenvalue weighted by Crippen LogP contribution is -2.30. The highest BCUT2D eigenvalue weighted by Crippen LogP contribution is 2.12. The van der Waals surface area contributed by atoms with Crippen molar-refractivity contribution in [3.8, 4) is 0 Å². The van der Waals surface area contributed by atoms with Crippen LogP contribution in [0.1, 0.15) is 201 Å². The second-order valence-corrected chi connectivity index (χ2v) is 14.9. The normalized spacial score (nSPS) is 12.8. The summed E-state index contributed by atoms with van der Waals surface area (Å²) in [5.74, 6) is -1.02. The van der Waals surface area contributed by atoms with E-state index in [2.05, 4.69) is 93.7 Å². The van der Waals surface area contributed by atoms with Gasteiger partial charge in [0.15, 0.2) is 6.10 Å². The van der Waals surface area contributed by atoms with Gasteiger partial charge in [0.25, 0.3) is 0 Å². The quantitative estimate of drug-likeness (QED) is 0.0266. The Morgan fingerprint density at radius 2 is 0.719 bits per heavy atom. The molecule has 0 bridgehead atoms. The molecule has 324 valence electrons. The average molecular weight is 793 g/mol. The summed E-state index contributed by atoms with van der Waals surface area (Å²) < 4.78 is 16.6. The molecule has 1 unspecified atom stereocenters. The number of unbranched alkanes of at least 4 members (excludes halogenated alkanes) is 15. The largest absolute Gasteiger partial charge is 0.462 e. The Labute approximate surface area is 350 Å². The lowest BCUT2D eigenvalue weighted by Gasteiger charge is -2.18. The molecule has 0 heterocycles. The first-order valence-corrected chi connectivity index (χ1v) is 23.1. The van der Waals surface area contributed by atoms with Crippen molar-refractivity contribution in [1.29, 1.82) is 0 Å². The summed E-state index contributed by atoms with van der Waals surface area (Å²) in [6.07, 6.45) is 57.3. The van der Waals surface area contributed by atoms with Crippen molar-refractivity contribution in [3.63, 3.8) is 0 Å². The molecule has 0 aromatic rings. The van der Waals surface area contributed by atoms with E-state index in [1.165, 1.54) is 64.2 Å². The van der Waals surface area contributed by atoms with Crippen LogP contribution < -0.4 is 0 Å². The van der Waals surface area contributed by atoms with Crippen LogP contribution in [-0.2, 0) is 28.6 Å². The fourth-order valence-electron chi connectivity index (χ4n) is 5.93. The first kappa shape index (κ1) is 53.6. The van der Waals surface area contributed by atoms with Crippen molar-refractivity contribution in [2.75, 3.05) is 13.2 Å². The molecule has 0 aliphatic carbocycles. The highest BCUT2D eigenvalue weighted by Gasteiger charge is 2.19. The van der Waals surface area contributed by atoms with E-state index in [0.29, 0.717) is 19.3 Å². The Bertz CT molecular complexity index is 1140. The van der Waals surface area contributed by atoms with Crippen molar-refractivity contribution in [1.82, 2.24) is 0 Å². The number of rotatable bonds is 40. The van der Waals surface area contributed by atoms with Gasteiger partial charge in [-0.15, -0.1) is 0 Å². The molecule has 0 amide bonds. The van der Waals surface area contributed by atoms with E-state index in [1.54, 1.807) is 0 Å². The molecule has 0 radical (unpaired) electrons. The molecular weight excluding hydrogens is 709 g/mol. The molecular formula is C51H84O6. The standard InChI is InChI=1S/C51H84O6/c1-4-7-10-13-16-18-20-22-23-24-25-26-27-29-30-32-35-38-41-44-50(53)56-47-48(46-55-49(52)43-40-37-34-15-12-9-6-3)57-51(54)45-42-39-36-33-31-28-21-19-17-14-11-8-5-2/h8,11,16-19,22-23,25-26,28,31,36,39,48H,4-7,9-10,12-15,20-21,24,27,29-30,32-35,37-38,40-47H2,1-3H3/b11-8-,18-16-,19-17-,23-22-,26-25-,31-28-,39-36-. The zero-order valence-electron chi connectivity index (χ0n) is 36.8. The summed E-state index contributed by atoms with van der Waals surface area (Å²) in [5, 5.41) is 0. The zero-order chi connectivity index (χ0) is 41.5. The summed E-state index contributed by atoms with van der Waals surface area (Å²) in [6, 6.07) is 0. The van der Waals surface area contributed by atoms with E-state index in [-0.39, 0.29) is 31.6 Å². The molecule has 0 fully saturated rings. The first-order valence-electron chi connectivity index (χ1n) is 23.1. The maximum absolute atomic E-state index is 12.7. The number of esters is 3. The van der Waals surface area contributed by atoms with Crippen LogP contribution in [0.3, 0.4) is 0 Å². The van der Waals surface area contributed by atoms with Gasteiger partial charge < -0.3 is 14.2 Å². The van der Waals surface area contributed by atoms with Crippen LogP contribution in [0.2, 0.25) is 0 Å². The SMILES string of the molecule is CC/C=C\C/C=C\C/C=C\C/C=C\CCC(=O)OC(COC(=O)CCCCCCCCC)COC(=O)CCCCCCCC/C=C\C/C=C\C/C=C\CCCCC. The van der Waals surface area contributed by atoms with E-state index < -0.39 is 12.1 Å². The second-order valence-electron chi connectivity index (χ2n) is 14.9. The average Bonchev–Trinajstić information content (AvgIpc) is 3.21. The molecule has 6 heteroatoms. The second kappa shape index (κ2) is 45.3. The lowest BCUT2D eigenvalue weighted by molar-refractivity contribution is -0.166. The van der Waals surface area contributed by atoms with E-state index in [0.717, 1.165) is 89.9 Å². The summed E-state index contributed by atoms with van der Waals surface area (Å²) in [5.41, 5.74) is 0. The van der Waals surface area contributed by atoms with Gasteiger partial charge in [0, 0.05) is 19.3 Å². The third-order valence-electron chi connectivity index (χ3n) is 9.40. The van der Waals surface area contributed by atoms with Crippen LogP contribution in [0.5, 0.6) is 0 Å². The minimum absolute atomic E-state index is 0.110. The van der Waals surface area contributed by atoms with Gasteiger partial charge in [0.05, 0.1) is 0 Å². The predicted octanol–water partition coefficient (Wildman–Crippen LogP) is 14.9. The van der Waals surface area contributed by atoms with Gasteiger partial charge in [0.2, 0.25) is 0 Å². The number of carbonyl (C=O) groups is 3. The van der Waals surface area contributed by atoms with Gasteiger partial charge in [-0.3, -0.25) is 14.4 Å².